The molecule has 142 valence electrons. The molecule has 28 heavy (non-hydrogen) atoms. The Balaban J connectivity index is 1.25. The summed E-state index contributed by atoms with van der Waals surface area (Å²) in [6, 6.07) is 12.9. The average molecular weight is 373 g/mol. The number of fused-ring (bicyclic) bond motifs is 2. The Kier molecular flexibility index (Phi) is 4.29. The van der Waals surface area contributed by atoms with Gasteiger partial charge in [-0.2, -0.15) is 5.10 Å². The van der Waals surface area contributed by atoms with E-state index in [1.54, 1.807) is 12.4 Å². The molecule has 1 aliphatic rings. The lowest BCUT2D eigenvalue weighted by Gasteiger charge is -2.27. The topological polar surface area (TPSA) is 63.8 Å². The minimum atomic E-state index is 0.631. The zero-order chi connectivity index (χ0) is 18.9. The second-order valence-electron chi connectivity index (χ2n) is 7.31. The number of aromatic nitrogens is 5. The van der Waals surface area contributed by atoms with Crippen molar-refractivity contribution in [2.24, 2.45) is 7.05 Å². The average Bonchev–Trinajstić information content (AvgIpc) is 3.30. The van der Waals surface area contributed by atoms with Gasteiger partial charge in [-0.25, -0.2) is 9.97 Å². The van der Waals surface area contributed by atoms with Crippen LogP contribution in [-0.2, 0) is 33.2 Å². The molecule has 0 aliphatic carbocycles. The Bertz CT molecular complexity index is 1100. The quantitative estimate of drug-likeness (QED) is 0.583. The van der Waals surface area contributed by atoms with Crippen LogP contribution >= 0.6 is 0 Å². The van der Waals surface area contributed by atoms with Gasteiger partial charge >= 0.3 is 0 Å². The van der Waals surface area contributed by atoms with Crippen molar-refractivity contribution in [3.63, 3.8) is 0 Å². The molecule has 4 heterocycles. The van der Waals surface area contributed by atoms with Crippen LogP contribution in [0.3, 0.4) is 0 Å². The summed E-state index contributed by atoms with van der Waals surface area (Å²) in [6.07, 6.45) is 5.58. The zero-order valence-electron chi connectivity index (χ0n) is 15.9. The van der Waals surface area contributed by atoms with Gasteiger partial charge in [0.2, 0.25) is 5.95 Å². The van der Waals surface area contributed by atoms with Crippen LogP contribution in [0.1, 0.15) is 17.0 Å². The summed E-state index contributed by atoms with van der Waals surface area (Å²) >= 11 is 0. The van der Waals surface area contributed by atoms with Gasteiger partial charge in [0, 0.05) is 50.8 Å². The largest absolute Gasteiger partial charge is 0.351 e. The summed E-state index contributed by atoms with van der Waals surface area (Å²) in [5.74, 6) is 0.631. The molecule has 0 radical (unpaired) electrons. The summed E-state index contributed by atoms with van der Waals surface area (Å²) in [5.41, 5.74) is 4.92. The number of nitrogens with zero attached hydrogens (tertiary/aromatic N) is 6. The van der Waals surface area contributed by atoms with E-state index in [-0.39, 0.29) is 0 Å². The molecule has 0 spiro atoms. The van der Waals surface area contributed by atoms with Crippen LogP contribution in [0.2, 0.25) is 0 Å². The molecule has 3 aromatic heterocycles. The van der Waals surface area contributed by atoms with E-state index in [2.05, 4.69) is 73.0 Å². The molecular formula is C21H23N7. The Morgan fingerprint density at radius 3 is 2.86 bits per heavy atom. The van der Waals surface area contributed by atoms with E-state index >= 15 is 0 Å². The summed E-state index contributed by atoms with van der Waals surface area (Å²) in [6.45, 7) is 4.44. The van der Waals surface area contributed by atoms with Crippen LogP contribution in [0.25, 0.3) is 10.9 Å². The van der Waals surface area contributed by atoms with E-state index in [1.807, 2.05) is 6.07 Å². The van der Waals surface area contributed by atoms with Crippen LogP contribution in [0.5, 0.6) is 0 Å². The van der Waals surface area contributed by atoms with Crippen LogP contribution in [0.15, 0.2) is 55.0 Å². The highest BCUT2D eigenvalue weighted by Crippen LogP contribution is 2.20. The lowest BCUT2D eigenvalue weighted by atomic mass is 10.1. The van der Waals surface area contributed by atoms with Crippen molar-refractivity contribution in [3.05, 3.63) is 71.9 Å². The van der Waals surface area contributed by atoms with E-state index in [4.69, 9.17) is 5.10 Å². The first-order valence-corrected chi connectivity index (χ1v) is 9.57. The van der Waals surface area contributed by atoms with Crippen molar-refractivity contribution in [2.75, 3.05) is 11.9 Å². The van der Waals surface area contributed by atoms with E-state index in [0.717, 1.165) is 31.9 Å². The van der Waals surface area contributed by atoms with Gasteiger partial charge in [0.25, 0.3) is 0 Å². The normalized spacial score (nSPS) is 14.3. The molecule has 5 rings (SSSR count). The Morgan fingerprint density at radius 2 is 1.96 bits per heavy atom. The van der Waals surface area contributed by atoms with Crippen LogP contribution in [0.4, 0.5) is 5.95 Å². The fourth-order valence-electron chi connectivity index (χ4n) is 3.85. The maximum Gasteiger partial charge on any atom is 0.222 e. The van der Waals surface area contributed by atoms with Gasteiger partial charge < -0.3 is 9.88 Å². The second-order valence-corrected chi connectivity index (χ2v) is 7.31. The minimum Gasteiger partial charge on any atom is -0.351 e. The molecule has 0 amide bonds. The molecule has 0 atom stereocenters. The molecular weight excluding hydrogens is 350 g/mol. The van der Waals surface area contributed by atoms with Crippen molar-refractivity contribution in [3.8, 4) is 0 Å². The van der Waals surface area contributed by atoms with E-state index in [0.29, 0.717) is 12.5 Å². The zero-order valence-corrected chi connectivity index (χ0v) is 15.9. The third-order valence-electron chi connectivity index (χ3n) is 5.28. The first-order chi connectivity index (χ1) is 13.7. The predicted octanol–water partition coefficient (Wildman–Crippen LogP) is 2.79. The molecule has 7 heteroatoms. The van der Waals surface area contributed by atoms with Gasteiger partial charge in [-0.3, -0.25) is 9.58 Å². The summed E-state index contributed by atoms with van der Waals surface area (Å²) in [5, 5.41) is 9.25. The fourth-order valence-corrected chi connectivity index (χ4v) is 3.85. The van der Waals surface area contributed by atoms with Crippen molar-refractivity contribution < 1.29 is 0 Å². The third-order valence-corrected chi connectivity index (χ3v) is 5.28. The van der Waals surface area contributed by atoms with Crippen molar-refractivity contribution >= 4 is 16.9 Å². The van der Waals surface area contributed by atoms with Gasteiger partial charge in [0.05, 0.1) is 24.5 Å². The van der Waals surface area contributed by atoms with Crippen molar-refractivity contribution in [1.82, 2.24) is 29.2 Å². The molecule has 0 saturated heterocycles. The number of aryl methyl sites for hydroxylation is 1. The SMILES string of the molecule is Cn1ccc2cc(CN3CCn4nc(CNc5ncccn5)cc4C3)ccc21. The third kappa shape index (κ3) is 3.36. The summed E-state index contributed by atoms with van der Waals surface area (Å²) in [7, 11) is 2.09. The Hall–Kier alpha value is -3.19. The fraction of sp³-hybridized carbons (Fsp3) is 0.286. The summed E-state index contributed by atoms with van der Waals surface area (Å²) < 4.78 is 4.29. The molecule has 0 unspecified atom stereocenters. The standard InChI is InChI=1S/C21H23N7/c1-26-8-5-17-11-16(3-4-20(17)26)14-27-9-10-28-19(15-27)12-18(25-28)13-24-21-22-6-2-7-23-21/h2-8,11-12H,9-10,13-15H2,1H3,(H,22,23,24). The highest BCUT2D eigenvalue weighted by Gasteiger charge is 2.18. The molecule has 0 bridgehead atoms. The first-order valence-electron chi connectivity index (χ1n) is 9.57. The highest BCUT2D eigenvalue weighted by atomic mass is 15.3. The molecule has 1 N–H and O–H groups in total. The van der Waals surface area contributed by atoms with Gasteiger partial charge in [0.15, 0.2) is 0 Å². The second kappa shape index (κ2) is 7.09. The monoisotopic (exact) mass is 373 g/mol. The number of rotatable bonds is 5. The van der Waals surface area contributed by atoms with Gasteiger partial charge in [-0.1, -0.05) is 6.07 Å². The highest BCUT2D eigenvalue weighted by molar-refractivity contribution is 5.80. The molecule has 0 fully saturated rings. The molecule has 1 aliphatic heterocycles. The number of hydrogen-bond acceptors (Lipinski definition) is 5. The molecule has 4 aromatic rings. The smallest absolute Gasteiger partial charge is 0.222 e. The Labute approximate surface area is 163 Å². The van der Waals surface area contributed by atoms with Crippen molar-refractivity contribution in [2.45, 2.75) is 26.2 Å². The number of benzene rings is 1. The van der Waals surface area contributed by atoms with Gasteiger partial charge in [-0.15, -0.1) is 0 Å². The number of hydrogen-bond donors (Lipinski definition) is 1. The van der Waals surface area contributed by atoms with Gasteiger partial charge in [0.1, 0.15) is 0 Å². The molecule has 1 aromatic carbocycles. The van der Waals surface area contributed by atoms with E-state index in [9.17, 15) is 0 Å². The molecule has 7 nitrogen and oxygen atoms in total. The minimum absolute atomic E-state index is 0.631. The lowest BCUT2D eigenvalue weighted by Crippen LogP contribution is -2.33. The maximum absolute atomic E-state index is 4.72. The van der Waals surface area contributed by atoms with E-state index in [1.165, 1.54) is 22.2 Å². The van der Waals surface area contributed by atoms with E-state index < -0.39 is 0 Å². The summed E-state index contributed by atoms with van der Waals surface area (Å²) in [4.78, 5) is 10.9. The number of nitrogens with one attached hydrogen (secondary N) is 1. The van der Waals surface area contributed by atoms with Crippen LogP contribution in [-0.4, -0.2) is 35.8 Å². The first kappa shape index (κ1) is 16.9. The predicted molar refractivity (Wildman–Crippen MR) is 109 cm³/mol. The van der Waals surface area contributed by atoms with Crippen LogP contribution in [0, 0.1) is 0 Å². The number of anilines is 1. The van der Waals surface area contributed by atoms with Crippen molar-refractivity contribution in [1.29, 1.82) is 0 Å². The lowest BCUT2D eigenvalue weighted by molar-refractivity contribution is 0.205. The maximum atomic E-state index is 4.72. The Morgan fingerprint density at radius 1 is 1.07 bits per heavy atom. The molecule has 0 saturated carbocycles. The van der Waals surface area contributed by atoms with Gasteiger partial charge in [-0.05, 0) is 41.3 Å². The van der Waals surface area contributed by atoms with Crippen LogP contribution < -0.4 is 5.32 Å².